The first-order valence-electron chi connectivity index (χ1n) is 11.2. The lowest BCUT2D eigenvalue weighted by Crippen LogP contribution is -2.39. The van der Waals surface area contributed by atoms with Gasteiger partial charge in [-0.05, 0) is 16.7 Å². The van der Waals surface area contributed by atoms with Crippen LogP contribution >= 0.6 is 10.0 Å². The van der Waals surface area contributed by atoms with Crippen molar-refractivity contribution in [3.8, 4) is 0 Å². The van der Waals surface area contributed by atoms with E-state index >= 15 is 0 Å². The minimum atomic E-state index is -3.84. The fourth-order valence-electron chi connectivity index (χ4n) is 3.07. The summed E-state index contributed by atoms with van der Waals surface area (Å²) >= 11 is 0. The second-order valence-electron chi connectivity index (χ2n) is 7.62. The smallest absolute Gasteiger partial charge is 0.407 e. The highest BCUT2D eigenvalue weighted by atomic mass is 32.3. The molecule has 0 atom stereocenters. The molecule has 0 aliphatic carbocycles. The molecule has 9 nitrogen and oxygen atoms in total. The first-order chi connectivity index (χ1) is 18.0. The van der Waals surface area contributed by atoms with Crippen LogP contribution in [0.3, 0.4) is 0 Å². The first kappa shape index (κ1) is 27.3. The number of hydrogen-bond donors (Lipinski definition) is 1. The number of rotatable bonds is 8. The monoisotopic (exact) mass is 525 g/mol. The molecule has 0 unspecified atom stereocenters. The first-order valence-corrected chi connectivity index (χ1v) is 13.0. The third kappa shape index (κ3) is 7.58. The molecular weight excluding hydrogens is 498 g/mol. The molecule has 0 spiro atoms. The SMILES string of the molecule is COC(=O)NCS(C(=O)OCc1ccccc1)(C(=O)OCc1ccccc1)C(=O)OCc1ccccc1. The summed E-state index contributed by atoms with van der Waals surface area (Å²) in [6, 6.07) is 26.2. The van der Waals surface area contributed by atoms with Crippen LogP contribution in [0.15, 0.2) is 91.0 Å². The molecule has 0 aliphatic heterocycles. The average molecular weight is 526 g/mol. The van der Waals surface area contributed by atoms with Crippen molar-refractivity contribution in [2.45, 2.75) is 19.8 Å². The van der Waals surface area contributed by atoms with Crippen molar-refractivity contribution in [1.82, 2.24) is 5.32 Å². The van der Waals surface area contributed by atoms with Crippen LogP contribution in [0.5, 0.6) is 0 Å². The van der Waals surface area contributed by atoms with Gasteiger partial charge in [0.1, 0.15) is 19.8 Å². The molecular formula is C27H27NO8S. The van der Waals surface area contributed by atoms with E-state index in [9.17, 15) is 19.2 Å². The maximum Gasteiger partial charge on any atom is 0.407 e. The predicted octanol–water partition coefficient (Wildman–Crippen LogP) is 6.11. The summed E-state index contributed by atoms with van der Waals surface area (Å²) in [6.45, 7) is -0.611. The molecule has 194 valence electrons. The molecule has 37 heavy (non-hydrogen) atoms. The number of carbonyl (C=O) groups is 4. The van der Waals surface area contributed by atoms with Crippen LogP contribution in [0.2, 0.25) is 0 Å². The van der Waals surface area contributed by atoms with Crippen LogP contribution in [0.25, 0.3) is 0 Å². The van der Waals surface area contributed by atoms with Crippen LogP contribution in [-0.2, 0) is 38.8 Å². The van der Waals surface area contributed by atoms with Crippen molar-refractivity contribution in [2.75, 3.05) is 13.0 Å². The number of hydrogen-bond acceptors (Lipinski definition) is 8. The zero-order valence-electron chi connectivity index (χ0n) is 20.2. The van der Waals surface area contributed by atoms with Crippen LogP contribution in [0.1, 0.15) is 16.7 Å². The number of ether oxygens (including phenoxy) is 4. The van der Waals surface area contributed by atoms with Gasteiger partial charge in [0.05, 0.1) is 23.0 Å². The van der Waals surface area contributed by atoms with E-state index in [0.717, 1.165) is 7.11 Å². The van der Waals surface area contributed by atoms with Gasteiger partial charge >= 0.3 is 22.0 Å². The number of nitrogens with one attached hydrogen (secondary N) is 1. The summed E-state index contributed by atoms with van der Waals surface area (Å²) in [7, 11) is -2.73. The van der Waals surface area contributed by atoms with Crippen molar-refractivity contribution in [1.29, 1.82) is 0 Å². The van der Waals surface area contributed by atoms with E-state index in [4.69, 9.17) is 14.2 Å². The molecule has 3 rings (SSSR count). The predicted molar refractivity (Wildman–Crippen MR) is 138 cm³/mol. The largest absolute Gasteiger partial charge is 0.453 e. The van der Waals surface area contributed by atoms with E-state index in [1.165, 1.54) is 0 Å². The molecule has 1 N–H and O–H groups in total. The Kier molecular flexibility index (Phi) is 10.1. The van der Waals surface area contributed by atoms with Gasteiger partial charge in [0.2, 0.25) is 0 Å². The molecule has 3 aromatic carbocycles. The molecule has 0 fully saturated rings. The van der Waals surface area contributed by atoms with Gasteiger partial charge in [-0.3, -0.25) is 0 Å². The zero-order chi connectivity index (χ0) is 26.5. The average Bonchev–Trinajstić information content (AvgIpc) is 2.95. The Bertz CT molecular complexity index is 1050. The fourth-order valence-corrected chi connectivity index (χ4v) is 4.95. The van der Waals surface area contributed by atoms with Crippen LogP contribution in [0, 0.1) is 0 Å². The van der Waals surface area contributed by atoms with Gasteiger partial charge in [-0.1, -0.05) is 91.0 Å². The lowest BCUT2D eigenvalue weighted by atomic mass is 10.2. The normalized spacial score (nSPS) is 11.1. The Labute approximate surface area is 216 Å². The Balaban J connectivity index is 1.90. The van der Waals surface area contributed by atoms with Gasteiger partial charge in [-0.2, -0.15) is 0 Å². The number of alkyl carbamates (subject to hydrolysis) is 1. The van der Waals surface area contributed by atoms with Gasteiger partial charge in [-0.15, -0.1) is 0 Å². The molecule has 10 heteroatoms. The van der Waals surface area contributed by atoms with E-state index in [2.05, 4.69) is 10.1 Å². The third-order valence-electron chi connectivity index (χ3n) is 5.07. The van der Waals surface area contributed by atoms with Crippen molar-refractivity contribution >= 4 is 32.0 Å². The molecule has 3 aromatic rings. The topological polar surface area (TPSA) is 117 Å². The summed E-state index contributed by atoms with van der Waals surface area (Å²) in [4.78, 5) is 52.3. The van der Waals surface area contributed by atoms with Crippen molar-refractivity contribution in [3.05, 3.63) is 108 Å². The molecule has 0 saturated heterocycles. The van der Waals surface area contributed by atoms with Gasteiger partial charge in [-0.25, -0.2) is 19.2 Å². The number of benzene rings is 3. The second-order valence-corrected chi connectivity index (χ2v) is 10.4. The second kappa shape index (κ2) is 13.7. The fraction of sp³-hybridized carbons (Fsp3) is 0.185. The zero-order valence-corrected chi connectivity index (χ0v) is 21.0. The Morgan fingerprint density at radius 1 is 0.595 bits per heavy atom. The number of carbonyl (C=O) groups excluding carboxylic acids is 4. The van der Waals surface area contributed by atoms with E-state index < -0.39 is 37.9 Å². The lowest BCUT2D eigenvalue weighted by Gasteiger charge is -2.31. The minimum Gasteiger partial charge on any atom is -0.453 e. The highest BCUT2D eigenvalue weighted by Gasteiger charge is 2.52. The molecule has 0 saturated carbocycles. The Morgan fingerprint density at radius 3 is 1.22 bits per heavy atom. The van der Waals surface area contributed by atoms with Crippen LogP contribution in [0.4, 0.5) is 19.2 Å². The molecule has 0 radical (unpaired) electrons. The standard InChI is InChI=1S/C27H27NO8S/c1-33-24(29)28-20-37(25(30)34-17-21-11-5-2-6-12-21,26(31)35-18-22-13-7-3-8-14-22)27(32)36-19-23-15-9-4-10-16-23/h2-16H,17-20H2,1H3,(H,28,29). The molecule has 0 aliphatic rings. The third-order valence-corrected chi connectivity index (χ3v) is 7.71. The quantitative estimate of drug-likeness (QED) is 0.276. The van der Waals surface area contributed by atoms with Crippen LogP contribution < -0.4 is 5.32 Å². The molecule has 0 bridgehead atoms. The van der Waals surface area contributed by atoms with Crippen molar-refractivity contribution < 1.29 is 38.1 Å². The maximum atomic E-state index is 13.5. The van der Waals surface area contributed by atoms with E-state index in [1.807, 2.05) is 0 Å². The van der Waals surface area contributed by atoms with Gasteiger partial charge in [0.25, 0.3) is 0 Å². The summed E-state index contributed by atoms with van der Waals surface area (Å²) in [5, 5.41) is -1.16. The van der Waals surface area contributed by atoms with E-state index in [-0.39, 0.29) is 19.8 Å². The number of methoxy groups -OCH3 is 1. The van der Waals surface area contributed by atoms with Gasteiger partial charge in [0.15, 0.2) is 0 Å². The van der Waals surface area contributed by atoms with Gasteiger partial charge in [0, 0.05) is 0 Å². The Hall–Kier alpha value is -4.31. The summed E-state index contributed by atoms with van der Waals surface area (Å²) in [5.74, 6) is -0.714. The van der Waals surface area contributed by atoms with Gasteiger partial charge < -0.3 is 24.3 Å². The summed E-state index contributed by atoms with van der Waals surface area (Å²) in [5.41, 5.74) is 1.92. The molecule has 1 amide bonds. The number of amides is 1. The van der Waals surface area contributed by atoms with E-state index in [1.54, 1.807) is 91.0 Å². The Morgan fingerprint density at radius 2 is 0.919 bits per heavy atom. The summed E-state index contributed by atoms with van der Waals surface area (Å²) < 4.78 is 20.8. The van der Waals surface area contributed by atoms with E-state index in [0.29, 0.717) is 16.7 Å². The highest BCUT2D eigenvalue weighted by molar-refractivity contribution is 8.64. The summed E-state index contributed by atoms with van der Waals surface area (Å²) in [6.07, 6.45) is -0.945. The molecule has 0 heterocycles. The lowest BCUT2D eigenvalue weighted by molar-refractivity contribution is 0.154. The van der Waals surface area contributed by atoms with Crippen LogP contribution in [-0.4, -0.2) is 35.0 Å². The maximum absolute atomic E-state index is 13.5. The molecule has 0 aromatic heterocycles. The minimum absolute atomic E-state index is 0.204. The highest BCUT2D eigenvalue weighted by Crippen LogP contribution is 2.53. The van der Waals surface area contributed by atoms with Crippen molar-refractivity contribution in [3.63, 3.8) is 0 Å². The van der Waals surface area contributed by atoms with Crippen molar-refractivity contribution in [2.24, 2.45) is 0 Å².